The molecule has 7 heteroatoms. The zero-order chi connectivity index (χ0) is 16.1. The van der Waals surface area contributed by atoms with E-state index in [9.17, 15) is 8.42 Å². The number of nitrogens with zero attached hydrogens (tertiary/aromatic N) is 2. The largest absolute Gasteiger partial charge is 0.269 e. The van der Waals surface area contributed by atoms with E-state index in [1.807, 2.05) is 19.9 Å². The van der Waals surface area contributed by atoms with Gasteiger partial charge in [-0.25, -0.2) is 17.4 Å². The van der Waals surface area contributed by atoms with Gasteiger partial charge >= 0.3 is 0 Å². The van der Waals surface area contributed by atoms with Gasteiger partial charge < -0.3 is 0 Å². The van der Waals surface area contributed by atoms with Crippen molar-refractivity contribution in [2.75, 3.05) is 0 Å². The monoisotopic (exact) mass is 446 g/mol. The van der Waals surface area contributed by atoms with E-state index < -0.39 is 10.0 Å². The summed E-state index contributed by atoms with van der Waals surface area (Å²) in [6, 6.07) is 8.59. The molecule has 2 heterocycles. The molecule has 0 saturated carbocycles. The second-order valence-corrected chi connectivity index (χ2v) is 8.39. The highest BCUT2D eigenvalue weighted by atomic mass is 127. The lowest BCUT2D eigenvalue weighted by Crippen LogP contribution is -2.12. The average Bonchev–Trinajstić information content (AvgIpc) is 2.78. The maximum absolute atomic E-state index is 12.8. The number of hydrogen-bond donors (Lipinski definition) is 0. The van der Waals surface area contributed by atoms with Crippen molar-refractivity contribution in [3.8, 4) is 0 Å². The molecule has 0 unspecified atom stereocenters. The lowest BCUT2D eigenvalue weighted by atomic mass is 10.2. The van der Waals surface area contributed by atoms with Crippen LogP contribution in [0.15, 0.2) is 41.4 Å². The minimum Gasteiger partial charge on any atom is -0.223 e. The Morgan fingerprint density at radius 3 is 2.45 bits per heavy atom. The molecule has 0 aliphatic rings. The third kappa shape index (κ3) is 2.53. The summed E-state index contributed by atoms with van der Waals surface area (Å²) in [5.74, 6) is 0. The summed E-state index contributed by atoms with van der Waals surface area (Å²) in [6.45, 7) is 3.76. The average molecular weight is 447 g/mol. The minimum absolute atomic E-state index is 0.227. The van der Waals surface area contributed by atoms with Crippen molar-refractivity contribution in [1.82, 2.24) is 8.96 Å². The van der Waals surface area contributed by atoms with Crippen molar-refractivity contribution in [3.05, 3.63) is 56.4 Å². The van der Waals surface area contributed by atoms with Crippen molar-refractivity contribution in [1.29, 1.82) is 0 Å². The first-order valence-corrected chi connectivity index (χ1v) is 9.36. The van der Waals surface area contributed by atoms with Crippen LogP contribution in [0.3, 0.4) is 0 Å². The summed E-state index contributed by atoms with van der Waals surface area (Å²) in [6.07, 6.45) is 1.57. The van der Waals surface area contributed by atoms with Gasteiger partial charge in [-0.1, -0.05) is 29.3 Å². The molecule has 0 N–H and O–H groups in total. The lowest BCUT2D eigenvalue weighted by molar-refractivity contribution is 0.588. The van der Waals surface area contributed by atoms with Crippen molar-refractivity contribution in [3.63, 3.8) is 0 Å². The molecule has 22 heavy (non-hydrogen) atoms. The van der Waals surface area contributed by atoms with E-state index in [4.69, 9.17) is 11.6 Å². The summed E-state index contributed by atoms with van der Waals surface area (Å²) in [4.78, 5) is 4.48. The molecule has 0 bridgehead atoms. The van der Waals surface area contributed by atoms with Crippen LogP contribution in [0, 0.1) is 17.4 Å². The quantitative estimate of drug-likeness (QED) is 0.439. The smallest absolute Gasteiger partial charge is 0.223 e. The molecule has 2 aromatic heterocycles. The highest BCUT2D eigenvalue weighted by Gasteiger charge is 2.22. The van der Waals surface area contributed by atoms with Crippen molar-refractivity contribution >= 4 is 55.2 Å². The number of fused-ring (bicyclic) bond motifs is 1. The summed E-state index contributed by atoms with van der Waals surface area (Å²) in [5, 5.41) is 1.08. The Kier molecular flexibility index (Phi) is 3.94. The van der Waals surface area contributed by atoms with Crippen LogP contribution in [0.5, 0.6) is 0 Å². The number of pyridine rings is 1. The number of aryl methyl sites for hydroxylation is 2. The van der Waals surface area contributed by atoms with Gasteiger partial charge in [0.2, 0.25) is 0 Å². The Morgan fingerprint density at radius 2 is 1.82 bits per heavy atom. The third-order valence-electron chi connectivity index (χ3n) is 3.41. The molecule has 0 amide bonds. The van der Waals surface area contributed by atoms with Crippen LogP contribution in [-0.2, 0) is 10.0 Å². The molecule has 1 aromatic carbocycles. The third-order valence-corrected chi connectivity index (χ3v) is 6.31. The maximum atomic E-state index is 12.8. The van der Waals surface area contributed by atoms with E-state index >= 15 is 0 Å². The second-order valence-electron chi connectivity index (χ2n) is 5.06. The van der Waals surface area contributed by atoms with Crippen LogP contribution in [-0.4, -0.2) is 17.4 Å². The first kappa shape index (κ1) is 15.8. The van der Waals surface area contributed by atoms with Crippen LogP contribution in [0.4, 0.5) is 0 Å². The highest BCUT2D eigenvalue weighted by Crippen LogP contribution is 2.28. The van der Waals surface area contributed by atoms with Gasteiger partial charge in [0, 0.05) is 15.2 Å². The summed E-state index contributed by atoms with van der Waals surface area (Å²) in [5.41, 5.74) is 2.17. The Balaban J connectivity index is 2.30. The van der Waals surface area contributed by atoms with Gasteiger partial charge in [0.1, 0.15) is 5.15 Å². The molecular formula is C15H12ClIN2O2S. The van der Waals surface area contributed by atoms with E-state index in [0.29, 0.717) is 10.8 Å². The van der Waals surface area contributed by atoms with E-state index in [1.165, 1.54) is 3.97 Å². The SMILES string of the molecule is Cc1ccc(S(=O)(=O)n2cc(I)c3cc(C)c(Cl)nc32)cc1. The molecule has 0 radical (unpaired) electrons. The van der Waals surface area contributed by atoms with E-state index in [-0.39, 0.29) is 4.90 Å². The second kappa shape index (κ2) is 5.50. The van der Waals surface area contributed by atoms with Crippen LogP contribution < -0.4 is 0 Å². The summed E-state index contributed by atoms with van der Waals surface area (Å²) >= 11 is 8.17. The Hall–Kier alpha value is -1.12. The van der Waals surface area contributed by atoms with Gasteiger partial charge in [-0.05, 0) is 60.2 Å². The number of hydrogen-bond acceptors (Lipinski definition) is 3. The van der Waals surface area contributed by atoms with Crippen LogP contribution >= 0.6 is 34.2 Å². The Labute approximate surface area is 147 Å². The van der Waals surface area contributed by atoms with Gasteiger partial charge in [0.25, 0.3) is 10.0 Å². The Morgan fingerprint density at radius 1 is 1.18 bits per heavy atom. The fraction of sp³-hybridized carbons (Fsp3) is 0.133. The molecule has 114 valence electrons. The van der Waals surface area contributed by atoms with Crippen molar-refractivity contribution in [2.45, 2.75) is 18.7 Å². The predicted octanol–water partition coefficient (Wildman–Crippen LogP) is 4.15. The van der Waals surface area contributed by atoms with E-state index in [2.05, 4.69) is 27.6 Å². The fourth-order valence-electron chi connectivity index (χ4n) is 2.17. The standard InChI is InChI=1S/C15H12ClIN2O2S/c1-9-3-5-11(6-4-9)22(20,21)19-8-13(17)12-7-10(2)14(16)18-15(12)19/h3-8H,1-2H3. The predicted molar refractivity (Wildman–Crippen MR) is 96.0 cm³/mol. The molecule has 3 aromatic rings. The topological polar surface area (TPSA) is 52.0 Å². The van der Waals surface area contributed by atoms with Crippen LogP contribution in [0.2, 0.25) is 5.15 Å². The van der Waals surface area contributed by atoms with Crippen LogP contribution in [0.25, 0.3) is 11.0 Å². The normalized spacial score (nSPS) is 12.0. The van der Waals surface area contributed by atoms with E-state index in [0.717, 1.165) is 20.1 Å². The van der Waals surface area contributed by atoms with Crippen LogP contribution in [0.1, 0.15) is 11.1 Å². The molecule has 3 rings (SSSR count). The number of halogens is 2. The van der Waals surface area contributed by atoms with Gasteiger partial charge in [0.15, 0.2) is 5.65 Å². The van der Waals surface area contributed by atoms with Gasteiger partial charge in [-0.15, -0.1) is 0 Å². The molecule has 4 nitrogen and oxygen atoms in total. The van der Waals surface area contributed by atoms with Gasteiger partial charge in [-0.2, -0.15) is 0 Å². The zero-order valence-corrected chi connectivity index (χ0v) is 15.6. The van der Waals surface area contributed by atoms with E-state index in [1.54, 1.807) is 30.5 Å². The van der Waals surface area contributed by atoms with Crippen molar-refractivity contribution < 1.29 is 8.42 Å². The number of benzene rings is 1. The molecule has 0 aliphatic carbocycles. The minimum atomic E-state index is -3.70. The molecule has 0 atom stereocenters. The molecule has 0 fully saturated rings. The van der Waals surface area contributed by atoms with Crippen molar-refractivity contribution in [2.24, 2.45) is 0 Å². The first-order chi connectivity index (χ1) is 10.3. The summed E-state index contributed by atoms with van der Waals surface area (Å²) in [7, 11) is -3.70. The molecule has 0 aliphatic heterocycles. The molecule has 0 saturated heterocycles. The molecular weight excluding hydrogens is 435 g/mol. The lowest BCUT2D eigenvalue weighted by Gasteiger charge is -2.08. The molecule has 0 spiro atoms. The maximum Gasteiger partial charge on any atom is 0.269 e. The fourth-order valence-corrected chi connectivity index (χ4v) is 4.48. The first-order valence-electron chi connectivity index (χ1n) is 6.46. The summed E-state index contributed by atoms with van der Waals surface area (Å²) < 4.78 is 27.7. The number of aromatic nitrogens is 2. The Bertz CT molecular complexity index is 979. The van der Waals surface area contributed by atoms with Gasteiger partial charge in [0.05, 0.1) is 4.90 Å². The number of rotatable bonds is 2. The van der Waals surface area contributed by atoms with Gasteiger partial charge in [-0.3, -0.25) is 0 Å². The highest BCUT2D eigenvalue weighted by molar-refractivity contribution is 14.1. The zero-order valence-electron chi connectivity index (χ0n) is 11.8.